The molecule has 1 aliphatic heterocycles. The Hall–Kier alpha value is -0.610. The maximum absolute atomic E-state index is 4.72. The van der Waals surface area contributed by atoms with E-state index < -0.39 is 0 Å². The van der Waals surface area contributed by atoms with Crippen LogP contribution in [0.3, 0.4) is 0 Å². The zero-order chi connectivity index (χ0) is 13.0. The van der Waals surface area contributed by atoms with Crippen LogP contribution in [0.25, 0.3) is 0 Å². The lowest BCUT2D eigenvalue weighted by Crippen LogP contribution is -2.36. The average molecular weight is 267 g/mol. The summed E-state index contributed by atoms with van der Waals surface area (Å²) in [5.41, 5.74) is 1.20. The highest BCUT2D eigenvalue weighted by molar-refractivity contribution is 7.15. The number of nitrogens with zero attached hydrogens (tertiary/aromatic N) is 2. The summed E-state index contributed by atoms with van der Waals surface area (Å²) in [5.74, 6) is 0.835. The summed E-state index contributed by atoms with van der Waals surface area (Å²) in [5, 5.41) is 4.67. The molecule has 1 aromatic heterocycles. The molecule has 1 N–H and O–H groups in total. The number of nitrogens with one attached hydrogen (secondary N) is 1. The van der Waals surface area contributed by atoms with Gasteiger partial charge in [-0.05, 0) is 52.1 Å². The van der Waals surface area contributed by atoms with Gasteiger partial charge in [-0.2, -0.15) is 0 Å². The fourth-order valence-corrected chi connectivity index (χ4v) is 3.45. The van der Waals surface area contributed by atoms with Crippen molar-refractivity contribution in [2.75, 3.05) is 31.1 Å². The van der Waals surface area contributed by atoms with E-state index in [1.54, 1.807) is 0 Å². The van der Waals surface area contributed by atoms with Crippen LogP contribution >= 0.6 is 11.3 Å². The molecule has 2 heterocycles. The van der Waals surface area contributed by atoms with Crippen molar-refractivity contribution >= 4 is 16.5 Å². The molecule has 0 saturated carbocycles. The molecule has 0 amide bonds. The van der Waals surface area contributed by atoms with E-state index >= 15 is 0 Å². The summed E-state index contributed by atoms with van der Waals surface area (Å²) in [6.45, 7) is 11.2. The molecule has 1 aromatic rings. The molecule has 1 aliphatic rings. The number of hydrogen-bond acceptors (Lipinski definition) is 4. The van der Waals surface area contributed by atoms with Crippen molar-refractivity contribution < 1.29 is 0 Å². The molecule has 0 bridgehead atoms. The monoisotopic (exact) mass is 267 g/mol. The van der Waals surface area contributed by atoms with Crippen molar-refractivity contribution in [2.24, 2.45) is 5.92 Å². The Morgan fingerprint density at radius 1 is 1.33 bits per heavy atom. The van der Waals surface area contributed by atoms with E-state index in [-0.39, 0.29) is 0 Å². The molecule has 1 saturated heterocycles. The molecule has 0 aliphatic carbocycles. The maximum atomic E-state index is 4.72. The van der Waals surface area contributed by atoms with Crippen molar-refractivity contribution in [3.8, 4) is 0 Å². The Bertz CT molecular complexity index is 350. The Balaban J connectivity index is 2.02. The SMILES string of the molecule is CCCN(CC1CCNCC1)c1nc(C)c(C)s1. The number of aryl methyl sites for hydroxylation is 2. The summed E-state index contributed by atoms with van der Waals surface area (Å²) < 4.78 is 0. The molecular formula is C14H25N3S. The Morgan fingerprint density at radius 2 is 2.06 bits per heavy atom. The molecule has 4 heteroatoms. The van der Waals surface area contributed by atoms with Crippen molar-refractivity contribution in [1.29, 1.82) is 0 Å². The quantitative estimate of drug-likeness (QED) is 0.889. The highest BCUT2D eigenvalue weighted by atomic mass is 32.1. The van der Waals surface area contributed by atoms with Gasteiger partial charge < -0.3 is 10.2 Å². The van der Waals surface area contributed by atoms with E-state index in [4.69, 9.17) is 4.98 Å². The van der Waals surface area contributed by atoms with Gasteiger partial charge in [-0.3, -0.25) is 0 Å². The third-order valence-electron chi connectivity index (χ3n) is 3.72. The van der Waals surface area contributed by atoms with Crippen LogP contribution in [0.1, 0.15) is 36.8 Å². The normalized spacial score (nSPS) is 17.1. The van der Waals surface area contributed by atoms with Gasteiger partial charge in [-0.1, -0.05) is 6.92 Å². The topological polar surface area (TPSA) is 28.2 Å². The number of thiazole rings is 1. The molecule has 102 valence electrons. The zero-order valence-electron chi connectivity index (χ0n) is 11.8. The lowest BCUT2D eigenvalue weighted by molar-refractivity contribution is 0.373. The van der Waals surface area contributed by atoms with Crippen LogP contribution < -0.4 is 10.2 Å². The molecule has 3 nitrogen and oxygen atoms in total. The Morgan fingerprint density at radius 3 is 2.61 bits per heavy atom. The third-order valence-corrected chi connectivity index (χ3v) is 4.85. The molecule has 0 aromatic carbocycles. The van der Waals surface area contributed by atoms with Crippen molar-refractivity contribution in [3.05, 3.63) is 10.6 Å². The Kier molecular flexibility index (Phi) is 5.01. The molecule has 18 heavy (non-hydrogen) atoms. The van der Waals surface area contributed by atoms with Gasteiger partial charge in [0.15, 0.2) is 5.13 Å². The number of rotatable bonds is 5. The second-order valence-corrected chi connectivity index (χ2v) is 6.46. The molecular weight excluding hydrogens is 242 g/mol. The van der Waals surface area contributed by atoms with Gasteiger partial charge in [0.25, 0.3) is 0 Å². The minimum Gasteiger partial charge on any atom is -0.348 e. The standard InChI is InChI=1S/C14H25N3S/c1-4-9-17(10-13-5-7-15-8-6-13)14-16-11(2)12(3)18-14/h13,15H,4-10H2,1-3H3. The predicted octanol–water partition coefficient (Wildman–Crippen LogP) is 2.98. The van der Waals surface area contributed by atoms with Crippen LogP contribution in [-0.2, 0) is 0 Å². The first-order valence-electron chi connectivity index (χ1n) is 7.10. The first-order valence-corrected chi connectivity index (χ1v) is 7.92. The van der Waals surface area contributed by atoms with Crippen LogP contribution in [0.4, 0.5) is 5.13 Å². The van der Waals surface area contributed by atoms with Crippen molar-refractivity contribution in [3.63, 3.8) is 0 Å². The summed E-state index contributed by atoms with van der Waals surface area (Å²) in [6.07, 6.45) is 3.82. The van der Waals surface area contributed by atoms with Gasteiger partial charge in [0.2, 0.25) is 0 Å². The summed E-state index contributed by atoms with van der Waals surface area (Å²) in [4.78, 5) is 8.58. The van der Waals surface area contributed by atoms with Gasteiger partial charge in [0, 0.05) is 18.0 Å². The number of hydrogen-bond donors (Lipinski definition) is 1. The van der Waals surface area contributed by atoms with Crippen molar-refractivity contribution in [2.45, 2.75) is 40.0 Å². The average Bonchev–Trinajstić information content (AvgIpc) is 2.70. The lowest BCUT2D eigenvalue weighted by Gasteiger charge is -2.29. The van der Waals surface area contributed by atoms with Gasteiger partial charge >= 0.3 is 0 Å². The lowest BCUT2D eigenvalue weighted by atomic mass is 9.97. The van der Waals surface area contributed by atoms with E-state index in [2.05, 4.69) is 31.0 Å². The smallest absolute Gasteiger partial charge is 0.185 e. The second-order valence-electron chi connectivity index (χ2n) is 5.28. The summed E-state index contributed by atoms with van der Waals surface area (Å²) in [6, 6.07) is 0. The van der Waals surface area contributed by atoms with E-state index in [9.17, 15) is 0 Å². The predicted molar refractivity (Wildman–Crippen MR) is 79.7 cm³/mol. The Labute approximate surface area is 115 Å². The fourth-order valence-electron chi connectivity index (χ4n) is 2.50. The van der Waals surface area contributed by atoms with Gasteiger partial charge in [0.05, 0.1) is 5.69 Å². The molecule has 0 atom stereocenters. The van der Waals surface area contributed by atoms with Crippen LogP contribution in [-0.4, -0.2) is 31.2 Å². The molecule has 0 spiro atoms. The maximum Gasteiger partial charge on any atom is 0.185 e. The van der Waals surface area contributed by atoms with E-state index in [0.29, 0.717) is 0 Å². The van der Waals surface area contributed by atoms with Gasteiger partial charge in [-0.25, -0.2) is 4.98 Å². The number of piperidine rings is 1. The van der Waals surface area contributed by atoms with Crippen LogP contribution in [0, 0.1) is 19.8 Å². The minimum absolute atomic E-state index is 0.835. The first kappa shape index (κ1) is 13.8. The van der Waals surface area contributed by atoms with E-state index in [1.807, 2.05) is 11.3 Å². The molecule has 0 unspecified atom stereocenters. The summed E-state index contributed by atoms with van der Waals surface area (Å²) in [7, 11) is 0. The third kappa shape index (κ3) is 3.45. The van der Waals surface area contributed by atoms with Crippen molar-refractivity contribution in [1.82, 2.24) is 10.3 Å². The summed E-state index contributed by atoms with van der Waals surface area (Å²) >= 11 is 1.85. The van der Waals surface area contributed by atoms with Gasteiger partial charge in [-0.15, -0.1) is 11.3 Å². The molecule has 2 rings (SSSR count). The largest absolute Gasteiger partial charge is 0.348 e. The highest BCUT2D eigenvalue weighted by Gasteiger charge is 2.19. The number of aromatic nitrogens is 1. The van der Waals surface area contributed by atoms with Gasteiger partial charge in [0.1, 0.15) is 0 Å². The number of anilines is 1. The fraction of sp³-hybridized carbons (Fsp3) is 0.786. The molecule has 1 fully saturated rings. The minimum atomic E-state index is 0.835. The molecule has 0 radical (unpaired) electrons. The second kappa shape index (κ2) is 6.53. The van der Waals surface area contributed by atoms with E-state index in [1.165, 1.54) is 54.6 Å². The first-order chi connectivity index (χ1) is 8.70. The highest BCUT2D eigenvalue weighted by Crippen LogP contribution is 2.27. The van der Waals surface area contributed by atoms with Crippen LogP contribution in [0.5, 0.6) is 0 Å². The van der Waals surface area contributed by atoms with E-state index in [0.717, 1.165) is 12.5 Å². The zero-order valence-corrected chi connectivity index (χ0v) is 12.6. The van der Waals surface area contributed by atoms with Crippen LogP contribution in [0.15, 0.2) is 0 Å². The van der Waals surface area contributed by atoms with Crippen LogP contribution in [0.2, 0.25) is 0 Å².